The van der Waals surface area contributed by atoms with Crippen molar-refractivity contribution in [1.82, 2.24) is 10.3 Å². The lowest BCUT2D eigenvalue weighted by atomic mass is 9.92. The largest absolute Gasteiger partial charge is 0.353 e. The Bertz CT molecular complexity index is 515. The maximum absolute atomic E-state index is 6.33. The van der Waals surface area contributed by atoms with Gasteiger partial charge in [0.15, 0.2) is 0 Å². The molecule has 0 amide bonds. The van der Waals surface area contributed by atoms with Crippen molar-refractivity contribution in [1.29, 1.82) is 0 Å². The van der Waals surface area contributed by atoms with Crippen LogP contribution in [-0.4, -0.2) is 23.6 Å². The molecule has 1 N–H and O–H groups in total. The smallest absolute Gasteiger partial charge is 0.129 e. The number of nitrogens with one attached hydrogen (secondary N) is 1. The molecule has 3 fully saturated rings. The van der Waals surface area contributed by atoms with Crippen molar-refractivity contribution in [2.45, 2.75) is 63.6 Å². The van der Waals surface area contributed by atoms with Gasteiger partial charge in [0.25, 0.3) is 0 Å². The number of piperidine rings is 1. The van der Waals surface area contributed by atoms with E-state index in [4.69, 9.17) is 11.6 Å². The Balaban J connectivity index is 1.54. The number of anilines is 1. The third-order valence-corrected chi connectivity index (χ3v) is 5.71. The number of halogens is 1. The molecule has 0 spiro atoms. The molecule has 2 atom stereocenters. The summed E-state index contributed by atoms with van der Waals surface area (Å²) in [6.45, 7) is 2.03. The zero-order chi connectivity index (χ0) is 14.2. The second-order valence-electron chi connectivity index (χ2n) is 6.88. The maximum atomic E-state index is 6.33. The first kappa shape index (κ1) is 13.8. The molecule has 1 saturated heterocycles. The monoisotopic (exact) mass is 305 g/mol. The van der Waals surface area contributed by atoms with Gasteiger partial charge in [0.1, 0.15) is 5.82 Å². The number of nitrogens with zero attached hydrogens (tertiary/aromatic N) is 2. The maximum Gasteiger partial charge on any atom is 0.129 e. The third-order valence-electron chi connectivity index (χ3n) is 5.37. The number of hydrogen-bond acceptors (Lipinski definition) is 3. The molecule has 2 unspecified atom stereocenters. The fourth-order valence-corrected chi connectivity index (χ4v) is 4.21. The molecule has 2 heterocycles. The molecule has 0 radical (unpaired) electrons. The Hall–Kier alpha value is -0.800. The molecule has 3 aliphatic rings. The van der Waals surface area contributed by atoms with Crippen molar-refractivity contribution in [2.75, 3.05) is 11.4 Å². The van der Waals surface area contributed by atoms with Gasteiger partial charge in [-0.15, -0.1) is 0 Å². The molecule has 1 aliphatic heterocycles. The quantitative estimate of drug-likeness (QED) is 0.918. The SMILES string of the molecule is Clc1cnc(N2CCCC3CCCC32)cc1CNC1CC1. The van der Waals surface area contributed by atoms with Crippen molar-refractivity contribution in [3.63, 3.8) is 0 Å². The van der Waals surface area contributed by atoms with Crippen molar-refractivity contribution in [3.8, 4) is 0 Å². The minimum atomic E-state index is 0.715. The summed E-state index contributed by atoms with van der Waals surface area (Å²) in [6.07, 6.45) is 11.3. The van der Waals surface area contributed by atoms with Crippen molar-refractivity contribution in [2.24, 2.45) is 5.92 Å². The molecule has 1 aromatic heterocycles. The zero-order valence-electron chi connectivity index (χ0n) is 12.5. The van der Waals surface area contributed by atoms with Crippen LogP contribution >= 0.6 is 11.6 Å². The number of rotatable bonds is 4. The van der Waals surface area contributed by atoms with Crippen molar-refractivity contribution in [3.05, 3.63) is 22.8 Å². The van der Waals surface area contributed by atoms with E-state index < -0.39 is 0 Å². The highest BCUT2D eigenvalue weighted by Crippen LogP contribution is 2.39. The standard InChI is InChI=1S/C17H24ClN3/c18-15-11-20-17(9-13(15)10-19-14-6-7-14)21-8-2-4-12-3-1-5-16(12)21/h9,11-12,14,16,19H,1-8,10H2. The molecule has 2 aliphatic carbocycles. The lowest BCUT2D eigenvalue weighted by Gasteiger charge is -2.38. The van der Waals surface area contributed by atoms with Crippen LogP contribution in [-0.2, 0) is 6.54 Å². The molecule has 4 heteroatoms. The average molecular weight is 306 g/mol. The van der Waals surface area contributed by atoms with E-state index in [9.17, 15) is 0 Å². The molecule has 1 aromatic rings. The van der Waals surface area contributed by atoms with Crippen molar-refractivity contribution < 1.29 is 0 Å². The van der Waals surface area contributed by atoms with Crippen LogP contribution in [0.4, 0.5) is 5.82 Å². The van der Waals surface area contributed by atoms with Gasteiger partial charge in [0, 0.05) is 31.4 Å². The van der Waals surface area contributed by atoms with E-state index in [1.807, 2.05) is 6.20 Å². The van der Waals surface area contributed by atoms with Crippen LogP contribution < -0.4 is 10.2 Å². The van der Waals surface area contributed by atoms with Crippen LogP contribution in [0.15, 0.2) is 12.3 Å². The lowest BCUT2D eigenvalue weighted by Crippen LogP contribution is -2.43. The van der Waals surface area contributed by atoms with E-state index in [0.29, 0.717) is 6.04 Å². The molecule has 2 saturated carbocycles. The first-order valence-corrected chi connectivity index (χ1v) is 8.83. The lowest BCUT2D eigenvalue weighted by molar-refractivity contribution is 0.360. The van der Waals surface area contributed by atoms with Gasteiger partial charge in [-0.3, -0.25) is 0 Å². The first-order chi connectivity index (χ1) is 10.3. The van der Waals surface area contributed by atoms with Crippen LogP contribution in [0.25, 0.3) is 0 Å². The van der Waals surface area contributed by atoms with Crippen molar-refractivity contribution >= 4 is 17.4 Å². The summed E-state index contributed by atoms with van der Waals surface area (Å²) in [7, 11) is 0. The summed E-state index contributed by atoms with van der Waals surface area (Å²) in [5.41, 5.74) is 1.20. The Kier molecular flexibility index (Phi) is 3.80. The van der Waals surface area contributed by atoms with E-state index in [1.54, 1.807) is 0 Å². The van der Waals surface area contributed by atoms with Crippen LogP contribution in [0.5, 0.6) is 0 Å². The van der Waals surface area contributed by atoms with Gasteiger partial charge in [-0.05, 0) is 56.1 Å². The molecule has 21 heavy (non-hydrogen) atoms. The Morgan fingerprint density at radius 1 is 1.19 bits per heavy atom. The van der Waals surface area contributed by atoms with Crippen LogP contribution in [0.1, 0.15) is 50.5 Å². The predicted molar refractivity (Wildman–Crippen MR) is 86.8 cm³/mol. The highest BCUT2D eigenvalue weighted by atomic mass is 35.5. The number of aromatic nitrogens is 1. The number of fused-ring (bicyclic) bond motifs is 1. The van der Waals surface area contributed by atoms with E-state index in [1.165, 1.54) is 50.5 Å². The van der Waals surface area contributed by atoms with Crippen LogP contribution in [0.3, 0.4) is 0 Å². The molecule has 0 aromatic carbocycles. The fraction of sp³-hybridized carbons (Fsp3) is 0.706. The Morgan fingerprint density at radius 2 is 2.05 bits per heavy atom. The zero-order valence-corrected chi connectivity index (χ0v) is 13.3. The Morgan fingerprint density at radius 3 is 2.90 bits per heavy atom. The topological polar surface area (TPSA) is 28.2 Å². The van der Waals surface area contributed by atoms with E-state index >= 15 is 0 Å². The fourth-order valence-electron chi connectivity index (χ4n) is 4.04. The minimum Gasteiger partial charge on any atom is -0.353 e. The summed E-state index contributed by atoms with van der Waals surface area (Å²) < 4.78 is 0. The van der Waals surface area contributed by atoms with Gasteiger partial charge < -0.3 is 10.2 Å². The second kappa shape index (κ2) is 5.77. The Labute approximate surface area is 132 Å². The third kappa shape index (κ3) is 2.91. The van der Waals surface area contributed by atoms with E-state index in [2.05, 4.69) is 21.3 Å². The van der Waals surface area contributed by atoms with Gasteiger partial charge in [-0.1, -0.05) is 18.0 Å². The van der Waals surface area contributed by atoms with Gasteiger partial charge in [0.05, 0.1) is 5.02 Å². The summed E-state index contributed by atoms with van der Waals surface area (Å²) in [5.74, 6) is 2.04. The highest BCUT2D eigenvalue weighted by Gasteiger charge is 2.35. The highest BCUT2D eigenvalue weighted by molar-refractivity contribution is 6.31. The van der Waals surface area contributed by atoms with Gasteiger partial charge in [0.2, 0.25) is 0 Å². The molecule has 4 rings (SSSR count). The summed E-state index contributed by atoms with van der Waals surface area (Å²) >= 11 is 6.33. The molecular formula is C17H24ClN3. The summed E-state index contributed by atoms with van der Waals surface area (Å²) in [5, 5.41) is 4.36. The average Bonchev–Trinajstić information content (AvgIpc) is 3.21. The number of hydrogen-bond donors (Lipinski definition) is 1. The van der Waals surface area contributed by atoms with Crippen LogP contribution in [0.2, 0.25) is 5.02 Å². The summed E-state index contributed by atoms with van der Waals surface area (Å²) in [4.78, 5) is 7.19. The minimum absolute atomic E-state index is 0.715. The normalized spacial score (nSPS) is 28.7. The van der Waals surface area contributed by atoms with Crippen LogP contribution in [0, 0.1) is 5.92 Å². The molecule has 0 bridgehead atoms. The summed E-state index contributed by atoms with van der Waals surface area (Å²) in [6, 6.07) is 3.65. The molecule has 3 nitrogen and oxygen atoms in total. The van der Waals surface area contributed by atoms with E-state index in [-0.39, 0.29) is 0 Å². The van der Waals surface area contributed by atoms with Gasteiger partial charge in [-0.25, -0.2) is 4.98 Å². The second-order valence-corrected chi connectivity index (χ2v) is 7.29. The van der Waals surface area contributed by atoms with Gasteiger partial charge in [-0.2, -0.15) is 0 Å². The first-order valence-electron chi connectivity index (χ1n) is 8.46. The number of pyridine rings is 1. The van der Waals surface area contributed by atoms with E-state index in [0.717, 1.165) is 35.9 Å². The van der Waals surface area contributed by atoms with Gasteiger partial charge >= 0.3 is 0 Å². The predicted octanol–water partition coefficient (Wildman–Crippen LogP) is 3.76. The molecule has 114 valence electrons. The molecular weight excluding hydrogens is 282 g/mol.